The second-order valence-electron chi connectivity index (χ2n) is 4.99. The minimum atomic E-state index is -4.57. The Labute approximate surface area is 137 Å². The first kappa shape index (κ1) is 20.0. The van der Waals surface area contributed by atoms with Gasteiger partial charge in [0.05, 0.1) is 12.6 Å². The van der Waals surface area contributed by atoms with E-state index in [0.29, 0.717) is 26.2 Å². The largest absolute Gasteiger partial charge is 0.461 e. The van der Waals surface area contributed by atoms with Gasteiger partial charge in [0.1, 0.15) is 5.75 Å². The first-order valence-corrected chi connectivity index (χ1v) is 6.95. The second kappa shape index (κ2) is 8.68. The lowest BCUT2D eigenvalue weighted by atomic mass is 10.0. The van der Waals surface area contributed by atoms with Gasteiger partial charge in [-0.25, -0.2) is 0 Å². The highest BCUT2D eigenvalue weighted by Gasteiger charge is 2.44. The first-order chi connectivity index (χ1) is 10.5. The monoisotopic (exact) mass is 358 g/mol. The molecule has 0 aliphatic carbocycles. The predicted molar refractivity (Wildman–Crippen MR) is 79.5 cm³/mol. The van der Waals surface area contributed by atoms with Gasteiger partial charge in [-0.1, -0.05) is 18.2 Å². The Morgan fingerprint density at radius 1 is 1.22 bits per heavy atom. The molecule has 1 aliphatic heterocycles. The van der Waals surface area contributed by atoms with Crippen LogP contribution in [0.3, 0.4) is 0 Å². The van der Waals surface area contributed by atoms with Crippen molar-refractivity contribution in [1.82, 2.24) is 10.2 Å². The molecule has 0 amide bonds. The standard InChI is InChI=1S/C14H18F4N2O2.ClH/c15-13(16)14(17,18)22-12-4-2-1-3-10(12)11(9-21)20-7-5-19-6-8-20;/h1-4,11,13,19,21H,5-9H2;1H/t11-;/m0./s1. The molecule has 1 heterocycles. The van der Waals surface area contributed by atoms with Crippen molar-refractivity contribution in [2.75, 3.05) is 32.8 Å². The molecule has 0 radical (unpaired) electrons. The van der Waals surface area contributed by atoms with E-state index >= 15 is 0 Å². The summed E-state index contributed by atoms with van der Waals surface area (Å²) in [4.78, 5) is 1.90. The fraction of sp³-hybridized carbons (Fsp3) is 0.571. The maximum absolute atomic E-state index is 13.2. The van der Waals surface area contributed by atoms with Crippen LogP contribution in [0.2, 0.25) is 0 Å². The maximum atomic E-state index is 13.2. The van der Waals surface area contributed by atoms with Crippen molar-refractivity contribution < 1.29 is 27.4 Å². The van der Waals surface area contributed by atoms with Gasteiger partial charge >= 0.3 is 12.5 Å². The Bertz CT molecular complexity index is 488. The number of aliphatic hydroxyl groups excluding tert-OH is 1. The molecule has 4 nitrogen and oxygen atoms in total. The van der Waals surface area contributed by atoms with Gasteiger partial charge in [-0.3, -0.25) is 4.90 Å². The number of piperazine rings is 1. The normalized spacial score (nSPS) is 17.7. The molecule has 1 aromatic carbocycles. The molecule has 2 rings (SSSR count). The Kier molecular flexibility index (Phi) is 7.53. The summed E-state index contributed by atoms with van der Waals surface area (Å²) in [6.07, 6.45) is -8.49. The van der Waals surface area contributed by atoms with Gasteiger partial charge in [0.15, 0.2) is 0 Å². The molecular formula is C14H19ClF4N2O2. The van der Waals surface area contributed by atoms with Gasteiger partial charge in [0.25, 0.3) is 0 Å². The Morgan fingerprint density at radius 3 is 2.39 bits per heavy atom. The number of ether oxygens (including phenoxy) is 1. The molecule has 9 heteroatoms. The van der Waals surface area contributed by atoms with Crippen molar-refractivity contribution in [1.29, 1.82) is 0 Å². The zero-order valence-electron chi connectivity index (χ0n) is 12.2. The third kappa shape index (κ3) is 4.94. The number of hydrogen-bond donors (Lipinski definition) is 2. The van der Waals surface area contributed by atoms with E-state index < -0.39 is 18.6 Å². The third-order valence-corrected chi connectivity index (χ3v) is 3.54. The van der Waals surface area contributed by atoms with Crippen LogP contribution in [-0.2, 0) is 0 Å². The van der Waals surface area contributed by atoms with E-state index in [1.807, 2.05) is 4.90 Å². The zero-order valence-corrected chi connectivity index (χ0v) is 13.0. The molecule has 0 saturated carbocycles. The Hall–Kier alpha value is -1.09. The number of alkyl halides is 4. The first-order valence-electron chi connectivity index (χ1n) is 6.95. The molecule has 0 unspecified atom stereocenters. The quantitative estimate of drug-likeness (QED) is 0.766. The van der Waals surface area contributed by atoms with Gasteiger partial charge in [-0.2, -0.15) is 17.6 Å². The summed E-state index contributed by atoms with van der Waals surface area (Å²) < 4.78 is 55.2. The summed E-state index contributed by atoms with van der Waals surface area (Å²) in [5.74, 6) is -0.342. The van der Waals surface area contributed by atoms with Crippen LogP contribution in [0.15, 0.2) is 24.3 Å². The summed E-state index contributed by atoms with van der Waals surface area (Å²) >= 11 is 0. The summed E-state index contributed by atoms with van der Waals surface area (Å²) in [7, 11) is 0. The van der Waals surface area contributed by atoms with E-state index in [0.717, 1.165) is 0 Å². The van der Waals surface area contributed by atoms with E-state index in [2.05, 4.69) is 10.1 Å². The van der Waals surface area contributed by atoms with Crippen molar-refractivity contribution in [3.63, 3.8) is 0 Å². The molecule has 0 spiro atoms. The van der Waals surface area contributed by atoms with Crippen LogP contribution in [0, 0.1) is 0 Å². The van der Waals surface area contributed by atoms with Gasteiger partial charge in [0.2, 0.25) is 0 Å². The molecule has 1 aromatic rings. The number of rotatable bonds is 6. The van der Waals surface area contributed by atoms with Crippen molar-refractivity contribution in [3.8, 4) is 5.75 Å². The summed E-state index contributed by atoms with van der Waals surface area (Å²) in [6.45, 7) is 2.32. The lowest BCUT2D eigenvalue weighted by Crippen LogP contribution is -2.46. The Morgan fingerprint density at radius 2 is 1.83 bits per heavy atom. The molecule has 0 aromatic heterocycles. The molecule has 1 saturated heterocycles. The number of hydrogen-bond acceptors (Lipinski definition) is 4. The lowest BCUT2D eigenvalue weighted by molar-refractivity contribution is -0.253. The van der Waals surface area contributed by atoms with Crippen LogP contribution in [0.25, 0.3) is 0 Å². The van der Waals surface area contributed by atoms with Gasteiger partial charge in [-0.05, 0) is 6.07 Å². The van der Waals surface area contributed by atoms with E-state index in [1.165, 1.54) is 18.2 Å². The fourth-order valence-corrected chi connectivity index (χ4v) is 2.44. The van der Waals surface area contributed by atoms with Gasteiger partial charge in [-0.15, -0.1) is 12.4 Å². The van der Waals surface area contributed by atoms with Crippen LogP contribution < -0.4 is 10.1 Å². The van der Waals surface area contributed by atoms with E-state index in [-0.39, 0.29) is 30.3 Å². The van der Waals surface area contributed by atoms with Crippen molar-refractivity contribution in [2.24, 2.45) is 0 Å². The van der Waals surface area contributed by atoms with Crippen LogP contribution in [0.4, 0.5) is 17.6 Å². The van der Waals surface area contributed by atoms with Crippen LogP contribution in [0.1, 0.15) is 11.6 Å². The summed E-state index contributed by atoms with van der Waals surface area (Å²) in [6, 6.07) is 5.14. The predicted octanol–water partition coefficient (Wildman–Crippen LogP) is 2.28. The van der Waals surface area contributed by atoms with Gasteiger partial charge in [0, 0.05) is 31.7 Å². The maximum Gasteiger partial charge on any atom is 0.461 e. The smallest absolute Gasteiger partial charge is 0.428 e. The Balaban J connectivity index is 0.00000264. The zero-order chi connectivity index (χ0) is 16.2. The van der Waals surface area contributed by atoms with E-state index in [9.17, 15) is 22.7 Å². The number of aliphatic hydroxyl groups is 1. The fourth-order valence-electron chi connectivity index (χ4n) is 2.44. The molecule has 2 N–H and O–H groups in total. The SMILES string of the molecule is Cl.OC[C@@H](c1ccccc1OC(F)(F)C(F)F)N1CCNCC1. The molecule has 1 aliphatic rings. The minimum Gasteiger partial charge on any atom is -0.428 e. The highest BCUT2D eigenvalue weighted by Crippen LogP contribution is 2.34. The van der Waals surface area contributed by atoms with Crippen molar-refractivity contribution in [2.45, 2.75) is 18.6 Å². The average Bonchev–Trinajstić information content (AvgIpc) is 2.50. The minimum absolute atomic E-state index is 0. The summed E-state index contributed by atoms with van der Waals surface area (Å²) in [5.41, 5.74) is 0.271. The highest BCUT2D eigenvalue weighted by molar-refractivity contribution is 5.85. The van der Waals surface area contributed by atoms with Crippen molar-refractivity contribution >= 4 is 12.4 Å². The lowest BCUT2D eigenvalue weighted by Gasteiger charge is -2.35. The molecule has 1 fully saturated rings. The van der Waals surface area contributed by atoms with E-state index in [4.69, 9.17) is 0 Å². The van der Waals surface area contributed by atoms with Crippen LogP contribution in [0.5, 0.6) is 5.75 Å². The van der Waals surface area contributed by atoms with Crippen molar-refractivity contribution in [3.05, 3.63) is 29.8 Å². The number of nitrogens with one attached hydrogen (secondary N) is 1. The van der Waals surface area contributed by atoms with Crippen LogP contribution >= 0.6 is 12.4 Å². The highest BCUT2D eigenvalue weighted by atomic mass is 35.5. The molecule has 132 valence electrons. The third-order valence-electron chi connectivity index (χ3n) is 3.54. The molecule has 0 bridgehead atoms. The van der Waals surface area contributed by atoms with Crippen LogP contribution in [-0.4, -0.2) is 55.3 Å². The molecule has 1 atom stereocenters. The molecule has 23 heavy (non-hydrogen) atoms. The number of halogens is 5. The second-order valence-corrected chi connectivity index (χ2v) is 4.99. The number of benzene rings is 1. The van der Waals surface area contributed by atoms with E-state index in [1.54, 1.807) is 6.07 Å². The molecular weight excluding hydrogens is 340 g/mol. The van der Waals surface area contributed by atoms with Gasteiger partial charge < -0.3 is 15.2 Å². The number of nitrogens with zero attached hydrogens (tertiary/aromatic N) is 1. The number of para-hydroxylation sites is 1. The summed E-state index contributed by atoms with van der Waals surface area (Å²) in [5, 5.41) is 12.7. The average molecular weight is 359 g/mol. The topological polar surface area (TPSA) is 44.7 Å².